The molecule has 0 fully saturated rings. The van der Waals surface area contributed by atoms with E-state index in [0.717, 1.165) is 17.3 Å². The summed E-state index contributed by atoms with van der Waals surface area (Å²) in [6.07, 6.45) is 19.1. The summed E-state index contributed by atoms with van der Waals surface area (Å²) < 4.78 is 0.949. The Kier molecular flexibility index (Phi) is 10.8. The predicted molar refractivity (Wildman–Crippen MR) is 200 cm³/mol. The van der Waals surface area contributed by atoms with Gasteiger partial charge < -0.3 is 0 Å². The van der Waals surface area contributed by atoms with Crippen LogP contribution < -0.4 is 0 Å². The molecule has 0 aliphatic carbocycles. The number of rotatable bonds is 12. The third-order valence-corrected chi connectivity index (χ3v) is 9.90. The number of allylic oxidation sites excluding steroid dienone is 10. The van der Waals surface area contributed by atoms with Gasteiger partial charge in [-0.15, -0.1) is 13.2 Å². The number of hydrogen-bond acceptors (Lipinski definition) is 0. The van der Waals surface area contributed by atoms with Gasteiger partial charge in [-0.1, -0.05) is 163 Å². The Morgan fingerprint density at radius 2 is 1.35 bits per heavy atom. The fourth-order valence-corrected chi connectivity index (χ4v) is 7.36. The molecule has 4 rings (SSSR count). The molecule has 1 heteroatoms. The van der Waals surface area contributed by atoms with E-state index < -0.39 is 0 Å². The minimum Gasteiger partial charge on any atom is -0.103 e. The lowest BCUT2D eigenvalue weighted by Crippen LogP contribution is -2.29. The van der Waals surface area contributed by atoms with E-state index in [9.17, 15) is 0 Å². The van der Waals surface area contributed by atoms with Gasteiger partial charge in [0.25, 0.3) is 0 Å². The number of alkyl halides is 1. The summed E-state index contributed by atoms with van der Waals surface area (Å²) in [6.45, 7) is 19.7. The van der Waals surface area contributed by atoms with Crippen LogP contribution in [0.1, 0.15) is 62.8 Å². The van der Waals surface area contributed by atoms with Crippen LogP contribution in [0.3, 0.4) is 0 Å². The van der Waals surface area contributed by atoms with Crippen LogP contribution in [0.2, 0.25) is 0 Å². The van der Waals surface area contributed by atoms with Gasteiger partial charge >= 0.3 is 0 Å². The van der Waals surface area contributed by atoms with Crippen LogP contribution in [0.25, 0.3) is 21.5 Å². The summed E-state index contributed by atoms with van der Waals surface area (Å²) in [4.78, 5) is 0. The molecule has 0 unspecified atom stereocenters. The van der Waals surface area contributed by atoms with E-state index >= 15 is 0 Å². The molecule has 0 bridgehead atoms. The van der Waals surface area contributed by atoms with Crippen LogP contribution in [0.4, 0.5) is 0 Å². The van der Waals surface area contributed by atoms with Crippen molar-refractivity contribution in [2.75, 3.05) is 0 Å². The normalized spacial score (nSPS) is 13.4. The maximum Gasteiger partial charge on any atom is 0.0277 e. The van der Waals surface area contributed by atoms with Crippen molar-refractivity contribution < 1.29 is 0 Å². The highest BCUT2D eigenvalue weighted by atomic mass is 127. The van der Waals surface area contributed by atoms with Gasteiger partial charge in [0.05, 0.1) is 0 Å². The predicted octanol–water partition coefficient (Wildman–Crippen LogP) is 12.6. The Bertz CT molecular complexity index is 1730. The first kappa shape index (κ1) is 32.5. The fourth-order valence-electron chi connectivity index (χ4n) is 6.72. The second kappa shape index (κ2) is 14.4. The van der Waals surface area contributed by atoms with Crippen molar-refractivity contribution in [3.05, 3.63) is 168 Å². The molecule has 0 N–H and O–H groups in total. The van der Waals surface area contributed by atoms with Crippen molar-refractivity contribution in [2.45, 2.75) is 62.7 Å². The zero-order valence-electron chi connectivity index (χ0n) is 26.5. The number of fused-ring (bicyclic) bond motifs is 2. The summed E-state index contributed by atoms with van der Waals surface area (Å²) in [5.74, 6) is 0. The smallest absolute Gasteiger partial charge is 0.0277 e. The van der Waals surface area contributed by atoms with Crippen molar-refractivity contribution in [2.24, 2.45) is 0 Å². The second-order valence-corrected chi connectivity index (χ2v) is 12.7. The van der Waals surface area contributed by atoms with Gasteiger partial charge in [0.1, 0.15) is 0 Å². The van der Waals surface area contributed by atoms with Crippen LogP contribution in [-0.2, 0) is 15.3 Å². The lowest BCUT2D eigenvalue weighted by Gasteiger charge is -2.37. The molecule has 0 aliphatic rings. The molecule has 0 aliphatic heterocycles. The summed E-state index contributed by atoms with van der Waals surface area (Å²) in [5.41, 5.74) is 7.77. The van der Waals surface area contributed by atoms with Gasteiger partial charge in [-0.25, -0.2) is 0 Å². The largest absolute Gasteiger partial charge is 0.103 e. The van der Waals surface area contributed by atoms with Crippen molar-refractivity contribution in [1.29, 1.82) is 0 Å². The number of benzene rings is 4. The van der Waals surface area contributed by atoms with E-state index in [4.69, 9.17) is 0 Å². The van der Waals surface area contributed by atoms with Crippen molar-refractivity contribution in [3.8, 4) is 0 Å². The third kappa shape index (κ3) is 6.58. The zero-order valence-corrected chi connectivity index (χ0v) is 28.6. The van der Waals surface area contributed by atoms with Crippen LogP contribution in [0.15, 0.2) is 146 Å². The minimum atomic E-state index is -0.246. The highest BCUT2D eigenvalue weighted by molar-refractivity contribution is 14.1. The van der Waals surface area contributed by atoms with Crippen LogP contribution in [0, 0.1) is 6.92 Å². The molecule has 0 nitrogen and oxygen atoms in total. The zero-order chi connectivity index (χ0) is 31.0. The SMILES string of the molecule is C=CCC(CC=C)(C(/C=C/C=C/C=C(/C)C(C)(C)c1c(C)ccc2ccccc12)=C/C)c1c(CI)ccc2ccccc12. The number of halogens is 1. The molecule has 43 heavy (non-hydrogen) atoms. The van der Waals surface area contributed by atoms with Crippen molar-refractivity contribution in [3.63, 3.8) is 0 Å². The Labute approximate surface area is 273 Å². The first-order valence-electron chi connectivity index (χ1n) is 15.2. The molecule has 4 aromatic rings. The quantitative estimate of drug-likeness (QED) is 0.0606. The molecule has 0 saturated carbocycles. The topological polar surface area (TPSA) is 0 Å². The maximum absolute atomic E-state index is 4.20. The molecule has 0 heterocycles. The first-order chi connectivity index (χ1) is 20.7. The highest BCUT2D eigenvalue weighted by Crippen LogP contribution is 2.46. The van der Waals surface area contributed by atoms with Crippen LogP contribution in [0.5, 0.6) is 0 Å². The van der Waals surface area contributed by atoms with Gasteiger partial charge in [-0.2, -0.15) is 0 Å². The summed E-state index contributed by atoms with van der Waals surface area (Å²) in [7, 11) is 0. The van der Waals surface area contributed by atoms with Crippen LogP contribution in [-0.4, -0.2) is 0 Å². The fraction of sp³-hybridized carbons (Fsp3) is 0.238. The third-order valence-electron chi connectivity index (χ3n) is 9.08. The molecular weight excluding hydrogens is 631 g/mol. The van der Waals surface area contributed by atoms with E-state index in [1.807, 2.05) is 0 Å². The Morgan fingerprint density at radius 1 is 0.767 bits per heavy atom. The van der Waals surface area contributed by atoms with E-state index in [-0.39, 0.29) is 10.8 Å². The van der Waals surface area contributed by atoms with Gasteiger partial charge in [-0.05, 0) is 83.0 Å². The van der Waals surface area contributed by atoms with Gasteiger partial charge in [0.2, 0.25) is 0 Å². The highest BCUT2D eigenvalue weighted by Gasteiger charge is 2.35. The summed E-state index contributed by atoms with van der Waals surface area (Å²) in [5, 5.41) is 5.21. The molecule has 0 saturated heterocycles. The van der Waals surface area contributed by atoms with Crippen molar-refractivity contribution in [1.82, 2.24) is 0 Å². The van der Waals surface area contributed by atoms with E-state index in [1.165, 1.54) is 54.9 Å². The van der Waals surface area contributed by atoms with Gasteiger partial charge in [0, 0.05) is 15.3 Å². The van der Waals surface area contributed by atoms with Gasteiger partial charge in [-0.3, -0.25) is 0 Å². The Morgan fingerprint density at radius 3 is 1.93 bits per heavy atom. The molecular formula is C42H45I. The van der Waals surface area contributed by atoms with Gasteiger partial charge in [0.15, 0.2) is 0 Å². The molecule has 220 valence electrons. The summed E-state index contributed by atoms with van der Waals surface area (Å²) >= 11 is 2.50. The molecule has 0 amide bonds. The van der Waals surface area contributed by atoms with Crippen LogP contribution >= 0.6 is 22.6 Å². The number of aryl methyl sites for hydroxylation is 1. The lowest BCUT2D eigenvalue weighted by molar-refractivity contribution is 0.528. The van der Waals surface area contributed by atoms with E-state index in [0.29, 0.717) is 0 Å². The van der Waals surface area contributed by atoms with E-state index in [1.54, 1.807) is 0 Å². The molecule has 0 radical (unpaired) electrons. The monoisotopic (exact) mass is 676 g/mol. The summed E-state index contributed by atoms with van der Waals surface area (Å²) in [6, 6.07) is 26.5. The Hall–Kier alpha value is -3.43. The number of hydrogen-bond donors (Lipinski definition) is 0. The second-order valence-electron chi connectivity index (χ2n) is 12.0. The standard InChI is InChI=1S/C42H45I/c1-8-28-42(29-9-2,40-35(30-43)27-26-34-20-15-17-23-38(34)40)36(10-3)21-13-11-12-18-32(5)41(6,7)39-31(4)24-25-33-19-14-16-22-37(33)39/h8-27H,1-2,28-30H2,3-7H3/b12-11+,21-13+,32-18-,36-10+. The average molecular weight is 677 g/mol. The Balaban J connectivity index is 1.71. The average Bonchev–Trinajstić information content (AvgIpc) is 3.01. The van der Waals surface area contributed by atoms with E-state index in [2.05, 4.69) is 192 Å². The van der Waals surface area contributed by atoms with Crippen molar-refractivity contribution >= 4 is 44.1 Å². The lowest BCUT2D eigenvalue weighted by atomic mass is 9.66. The molecule has 0 aromatic heterocycles. The molecule has 0 atom stereocenters. The molecule has 4 aromatic carbocycles. The minimum absolute atomic E-state index is 0.0965. The first-order valence-corrected chi connectivity index (χ1v) is 16.7. The maximum atomic E-state index is 4.20. The molecule has 0 spiro atoms.